The average molecular weight is 204 g/mol. The van der Waals surface area contributed by atoms with E-state index in [9.17, 15) is 4.79 Å². The molecule has 0 unspecified atom stereocenters. The zero-order chi connectivity index (χ0) is 10.7. The molecule has 0 bridgehead atoms. The van der Waals surface area contributed by atoms with Crippen molar-refractivity contribution in [1.82, 2.24) is 4.98 Å². The maximum Gasteiger partial charge on any atom is 0.399 e. The maximum atomic E-state index is 11.0. The molecule has 0 aliphatic heterocycles. The fourth-order valence-corrected chi connectivity index (χ4v) is 1.11. The highest BCUT2D eigenvalue weighted by Gasteiger charge is 2.10. The zero-order valence-corrected chi connectivity index (χ0v) is 7.71. The highest BCUT2D eigenvalue weighted by atomic mass is 16.6. The molecule has 15 heavy (non-hydrogen) atoms. The lowest BCUT2D eigenvalue weighted by atomic mass is 10.2. The molecule has 1 aromatic heterocycles. The predicted octanol–water partition coefficient (Wildman–Crippen LogP) is 1.57. The first-order valence-electron chi connectivity index (χ1n) is 4.23. The monoisotopic (exact) mass is 204 g/mol. The molecule has 2 aromatic rings. The predicted molar refractivity (Wildman–Crippen MR) is 51.5 cm³/mol. The van der Waals surface area contributed by atoms with Crippen LogP contribution in [-0.2, 0) is 0 Å². The summed E-state index contributed by atoms with van der Waals surface area (Å²) in [7, 11) is 0. The first-order valence-corrected chi connectivity index (χ1v) is 4.23. The number of carbonyl (C=O) groups is 1. The van der Waals surface area contributed by atoms with Crippen LogP contribution in [0.5, 0.6) is 11.8 Å². The first kappa shape index (κ1) is 9.26. The molecule has 0 radical (unpaired) electrons. The molecule has 0 saturated heterocycles. The molecule has 1 amide bonds. The van der Waals surface area contributed by atoms with E-state index >= 15 is 0 Å². The lowest BCUT2D eigenvalue weighted by molar-refractivity contribution is 0.0997. The van der Waals surface area contributed by atoms with Crippen LogP contribution in [0.4, 0.5) is 0 Å². The Kier molecular flexibility index (Phi) is 2.37. The Morgan fingerprint density at radius 3 is 2.87 bits per heavy atom. The zero-order valence-electron chi connectivity index (χ0n) is 7.71. The van der Waals surface area contributed by atoms with Gasteiger partial charge in [0.2, 0.25) is 0 Å². The molecule has 2 rings (SSSR count). The number of carbonyl (C=O) groups excluding carboxylic acids is 1. The third-order valence-corrected chi connectivity index (χ3v) is 1.76. The number of aromatic nitrogens is 1. The van der Waals surface area contributed by atoms with E-state index in [0.717, 1.165) is 0 Å². The number of oxazole rings is 1. The van der Waals surface area contributed by atoms with E-state index in [0.29, 0.717) is 5.75 Å². The minimum absolute atomic E-state index is 0.0729. The number of nitrogens with zero attached hydrogens (tertiary/aromatic N) is 1. The summed E-state index contributed by atoms with van der Waals surface area (Å²) in [6.07, 6.45) is 2.90. The average Bonchev–Trinajstić information content (AvgIpc) is 2.71. The minimum Gasteiger partial charge on any atom is -0.417 e. The minimum atomic E-state index is -0.558. The van der Waals surface area contributed by atoms with Crippen LogP contribution in [0.1, 0.15) is 10.4 Å². The second kappa shape index (κ2) is 3.83. The second-order valence-electron chi connectivity index (χ2n) is 2.76. The molecule has 0 atom stereocenters. The molecule has 5 nitrogen and oxygen atoms in total. The number of benzene rings is 1. The van der Waals surface area contributed by atoms with Crippen molar-refractivity contribution in [2.24, 2.45) is 5.73 Å². The number of hydrogen-bond donors (Lipinski definition) is 1. The summed E-state index contributed by atoms with van der Waals surface area (Å²) in [5.74, 6) is -0.232. The van der Waals surface area contributed by atoms with Crippen LogP contribution in [0, 0.1) is 0 Å². The van der Waals surface area contributed by atoms with Gasteiger partial charge in [0.1, 0.15) is 12.0 Å². The van der Waals surface area contributed by atoms with E-state index in [4.69, 9.17) is 14.9 Å². The van der Waals surface area contributed by atoms with Crippen molar-refractivity contribution in [1.29, 1.82) is 0 Å². The van der Waals surface area contributed by atoms with Crippen molar-refractivity contribution in [3.05, 3.63) is 42.3 Å². The Hall–Kier alpha value is -2.30. The van der Waals surface area contributed by atoms with Crippen LogP contribution < -0.4 is 10.5 Å². The van der Waals surface area contributed by atoms with Crippen LogP contribution in [0.25, 0.3) is 0 Å². The maximum absolute atomic E-state index is 11.0. The first-order chi connectivity index (χ1) is 7.27. The van der Waals surface area contributed by atoms with Gasteiger partial charge >= 0.3 is 6.08 Å². The summed E-state index contributed by atoms with van der Waals surface area (Å²) < 4.78 is 10.1. The third-order valence-electron chi connectivity index (χ3n) is 1.76. The van der Waals surface area contributed by atoms with Crippen LogP contribution in [0.2, 0.25) is 0 Å². The largest absolute Gasteiger partial charge is 0.417 e. The fourth-order valence-electron chi connectivity index (χ4n) is 1.11. The molecular formula is C10H8N2O3. The molecule has 0 fully saturated rings. The molecule has 76 valence electrons. The number of amides is 1. The van der Waals surface area contributed by atoms with Crippen LogP contribution in [-0.4, -0.2) is 10.9 Å². The normalized spacial score (nSPS) is 9.87. The SMILES string of the molecule is NC(=O)c1ccccc1Oc1ncco1. The Morgan fingerprint density at radius 1 is 1.40 bits per heavy atom. The molecular weight excluding hydrogens is 196 g/mol. The van der Waals surface area contributed by atoms with Crippen molar-refractivity contribution in [3.63, 3.8) is 0 Å². The smallest absolute Gasteiger partial charge is 0.399 e. The van der Waals surface area contributed by atoms with E-state index in [1.165, 1.54) is 12.5 Å². The lowest BCUT2D eigenvalue weighted by Gasteiger charge is -2.04. The fraction of sp³-hybridized carbons (Fsp3) is 0. The lowest BCUT2D eigenvalue weighted by Crippen LogP contribution is -2.11. The molecule has 2 N–H and O–H groups in total. The van der Waals surface area contributed by atoms with E-state index in [-0.39, 0.29) is 11.6 Å². The summed E-state index contributed by atoms with van der Waals surface area (Å²) in [6, 6.07) is 6.61. The van der Waals surface area contributed by atoms with Crippen LogP contribution in [0.15, 0.2) is 41.1 Å². The number of ether oxygens (including phenoxy) is 1. The second-order valence-corrected chi connectivity index (χ2v) is 2.76. The van der Waals surface area contributed by atoms with E-state index in [1.807, 2.05) is 0 Å². The molecule has 0 spiro atoms. The van der Waals surface area contributed by atoms with Gasteiger partial charge in [-0.25, -0.2) is 0 Å². The quantitative estimate of drug-likeness (QED) is 0.822. The van der Waals surface area contributed by atoms with Gasteiger partial charge in [0.15, 0.2) is 0 Å². The number of hydrogen-bond acceptors (Lipinski definition) is 4. The Balaban J connectivity index is 2.32. The van der Waals surface area contributed by atoms with Crippen molar-refractivity contribution < 1.29 is 13.9 Å². The van der Waals surface area contributed by atoms with Gasteiger partial charge in [-0.05, 0) is 12.1 Å². The summed E-state index contributed by atoms with van der Waals surface area (Å²) in [4.78, 5) is 14.8. The summed E-state index contributed by atoms with van der Waals surface area (Å²) in [5, 5.41) is 0. The van der Waals surface area contributed by atoms with Gasteiger partial charge in [-0.15, -0.1) is 0 Å². The molecule has 1 aromatic carbocycles. The van der Waals surface area contributed by atoms with E-state index < -0.39 is 5.91 Å². The van der Waals surface area contributed by atoms with Gasteiger partial charge < -0.3 is 14.9 Å². The van der Waals surface area contributed by atoms with Crippen LogP contribution in [0.3, 0.4) is 0 Å². The van der Waals surface area contributed by atoms with E-state index in [1.54, 1.807) is 24.3 Å². The standard InChI is InChI=1S/C10H8N2O3/c11-9(13)7-3-1-2-4-8(7)15-10-12-5-6-14-10/h1-6H,(H2,11,13). The summed E-state index contributed by atoms with van der Waals surface area (Å²) in [5.41, 5.74) is 5.46. The van der Waals surface area contributed by atoms with Crippen molar-refractivity contribution in [3.8, 4) is 11.8 Å². The van der Waals surface area contributed by atoms with Gasteiger partial charge in [0.05, 0.1) is 11.8 Å². The molecule has 0 aliphatic carbocycles. The van der Waals surface area contributed by atoms with Gasteiger partial charge in [0, 0.05) is 0 Å². The number of rotatable bonds is 3. The highest BCUT2D eigenvalue weighted by molar-refractivity contribution is 5.95. The highest BCUT2D eigenvalue weighted by Crippen LogP contribution is 2.23. The summed E-state index contributed by atoms with van der Waals surface area (Å²) in [6.45, 7) is 0. The Bertz CT molecular complexity index is 465. The van der Waals surface area contributed by atoms with Gasteiger partial charge in [-0.1, -0.05) is 12.1 Å². The molecule has 0 aliphatic rings. The van der Waals surface area contributed by atoms with Crippen LogP contribution >= 0.6 is 0 Å². The van der Waals surface area contributed by atoms with Crippen molar-refractivity contribution >= 4 is 5.91 Å². The Labute approximate surface area is 85.5 Å². The third kappa shape index (κ3) is 1.96. The topological polar surface area (TPSA) is 78.4 Å². The van der Waals surface area contributed by atoms with Crippen molar-refractivity contribution in [2.45, 2.75) is 0 Å². The number of nitrogens with two attached hydrogens (primary N) is 1. The number of primary amides is 1. The molecule has 1 heterocycles. The van der Waals surface area contributed by atoms with Gasteiger partial charge in [-0.3, -0.25) is 4.79 Å². The van der Waals surface area contributed by atoms with Crippen molar-refractivity contribution in [2.75, 3.05) is 0 Å². The number of para-hydroxylation sites is 1. The van der Waals surface area contributed by atoms with E-state index in [2.05, 4.69) is 4.98 Å². The Morgan fingerprint density at radius 2 is 2.20 bits per heavy atom. The van der Waals surface area contributed by atoms with Gasteiger partial charge in [0.25, 0.3) is 5.91 Å². The summed E-state index contributed by atoms with van der Waals surface area (Å²) >= 11 is 0. The molecule has 5 heteroatoms. The van der Waals surface area contributed by atoms with Gasteiger partial charge in [-0.2, -0.15) is 4.98 Å². The molecule has 0 saturated carbocycles.